The number of hydrazine groups is 1. The molecule has 21 heavy (non-hydrogen) atoms. The van der Waals surface area contributed by atoms with Crippen molar-refractivity contribution in [2.45, 2.75) is 26.4 Å². The number of nitrogens with zero attached hydrogens (tertiary/aromatic N) is 1. The van der Waals surface area contributed by atoms with E-state index >= 15 is 0 Å². The first-order valence-corrected chi connectivity index (χ1v) is 6.89. The molecule has 0 bridgehead atoms. The molecule has 0 atom stereocenters. The Hall–Kier alpha value is -2.08. The van der Waals surface area contributed by atoms with Gasteiger partial charge >= 0.3 is 6.09 Å². The highest BCUT2D eigenvalue weighted by Crippen LogP contribution is 2.25. The normalized spacial score (nSPS) is 15.3. The van der Waals surface area contributed by atoms with Crippen LogP contribution >= 0.6 is 0 Å². The highest BCUT2D eigenvalue weighted by Gasteiger charge is 2.38. The summed E-state index contributed by atoms with van der Waals surface area (Å²) in [7, 11) is 0. The maximum absolute atomic E-state index is 12.4. The van der Waals surface area contributed by atoms with E-state index in [0.29, 0.717) is 24.3 Å². The molecule has 0 aliphatic carbocycles. The number of nitrogens with two attached hydrogens (primary N) is 1. The van der Waals surface area contributed by atoms with Crippen molar-refractivity contribution in [3.05, 3.63) is 29.8 Å². The molecular weight excluding hydrogens is 270 g/mol. The SMILES string of the molecule is CC(C)(C)OC(=O)N1CC(C(=O)c2ccccc2NN)C1. The van der Waals surface area contributed by atoms with E-state index < -0.39 is 5.60 Å². The Labute approximate surface area is 124 Å². The monoisotopic (exact) mass is 291 g/mol. The third kappa shape index (κ3) is 3.52. The Kier molecular flexibility index (Phi) is 4.18. The van der Waals surface area contributed by atoms with Gasteiger partial charge in [0.2, 0.25) is 0 Å². The van der Waals surface area contributed by atoms with E-state index in [2.05, 4.69) is 5.43 Å². The van der Waals surface area contributed by atoms with Crippen molar-refractivity contribution in [2.24, 2.45) is 11.8 Å². The fourth-order valence-electron chi connectivity index (χ4n) is 2.16. The molecule has 2 rings (SSSR count). The van der Waals surface area contributed by atoms with Crippen molar-refractivity contribution in [1.29, 1.82) is 0 Å². The molecule has 0 aromatic heterocycles. The molecule has 1 aliphatic rings. The van der Waals surface area contributed by atoms with E-state index in [0.717, 1.165) is 0 Å². The molecule has 1 aliphatic heterocycles. The minimum absolute atomic E-state index is 0.0108. The van der Waals surface area contributed by atoms with Gasteiger partial charge in [-0.1, -0.05) is 12.1 Å². The van der Waals surface area contributed by atoms with Gasteiger partial charge in [0.15, 0.2) is 5.78 Å². The lowest BCUT2D eigenvalue weighted by Crippen LogP contribution is -2.54. The molecule has 1 aromatic rings. The van der Waals surface area contributed by atoms with E-state index in [1.165, 1.54) is 4.90 Å². The predicted molar refractivity (Wildman–Crippen MR) is 79.9 cm³/mol. The van der Waals surface area contributed by atoms with Gasteiger partial charge in [-0.2, -0.15) is 0 Å². The molecule has 1 saturated heterocycles. The van der Waals surface area contributed by atoms with Crippen LogP contribution in [0.4, 0.5) is 10.5 Å². The van der Waals surface area contributed by atoms with Crippen LogP contribution in [-0.4, -0.2) is 35.5 Å². The zero-order valence-corrected chi connectivity index (χ0v) is 12.6. The van der Waals surface area contributed by atoms with Crippen LogP contribution in [0.3, 0.4) is 0 Å². The maximum atomic E-state index is 12.4. The number of rotatable bonds is 3. The van der Waals surface area contributed by atoms with Crippen LogP contribution in [0.25, 0.3) is 0 Å². The highest BCUT2D eigenvalue weighted by atomic mass is 16.6. The topological polar surface area (TPSA) is 84.7 Å². The van der Waals surface area contributed by atoms with Gasteiger partial charge in [0, 0.05) is 18.7 Å². The third-order valence-electron chi connectivity index (χ3n) is 3.25. The van der Waals surface area contributed by atoms with Crippen LogP contribution in [0.5, 0.6) is 0 Å². The molecule has 1 aromatic carbocycles. The van der Waals surface area contributed by atoms with Crippen molar-refractivity contribution >= 4 is 17.6 Å². The first kappa shape index (κ1) is 15.3. The number of anilines is 1. The van der Waals surface area contributed by atoms with Crippen LogP contribution in [0.2, 0.25) is 0 Å². The number of amides is 1. The molecule has 3 N–H and O–H groups in total. The van der Waals surface area contributed by atoms with Crippen molar-refractivity contribution in [2.75, 3.05) is 18.5 Å². The summed E-state index contributed by atoms with van der Waals surface area (Å²) < 4.78 is 5.26. The molecule has 0 spiro atoms. The summed E-state index contributed by atoms with van der Waals surface area (Å²) in [5.41, 5.74) is 3.14. The lowest BCUT2D eigenvalue weighted by Gasteiger charge is -2.39. The van der Waals surface area contributed by atoms with Crippen LogP contribution in [0, 0.1) is 5.92 Å². The number of benzene rings is 1. The van der Waals surface area contributed by atoms with Gasteiger partial charge in [0.1, 0.15) is 5.60 Å². The molecule has 0 saturated carbocycles. The number of likely N-dealkylation sites (tertiary alicyclic amines) is 1. The smallest absolute Gasteiger partial charge is 0.410 e. The van der Waals surface area contributed by atoms with Crippen LogP contribution in [0.1, 0.15) is 31.1 Å². The highest BCUT2D eigenvalue weighted by molar-refractivity contribution is 6.03. The Morgan fingerprint density at radius 2 is 1.90 bits per heavy atom. The summed E-state index contributed by atoms with van der Waals surface area (Å²) in [4.78, 5) is 25.7. The van der Waals surface area contributed by atoms with Gasteiger partial charge in [-0.05, 0) is 32.9 Å². The molecule has 6 heteroatoms. The van der Waals surface area contributed by atoms with E-state index in [-0.39, 0.29) is 17.8 Å². The number of carbonyl (C=O) groups is 2. The third-order valence-corrected chi connectivity index (χ3v) is 3.25. The van der Waals surface area contributed by atoms with Crippen molar-refractivity contribution < 1.29 is 14.3 Å². The van der Waals surface area contributed by atoms with E-state index in [9.17, 15) is 9.59 Å². The number of ether oxygens (including phenoxy) is 1. The van der Waals surface area contributed by atoms with E-state index in [1.807, 2.05) is 20.8 Å². The Morgan fingerprint density at radius 3 is 2.48 bits per heavy atom. The van der Waals surface area contributed by atoms with Gasteiger partial charge < -0.3 is 15.1 Å². The number of nitrogen functional groups attached to an aromatic ring is 1. The summed E-state index contributed by atoms with van der Waals surface area (Å²) in [5, 5.41) is 0. The first-order chi connectivity index (χ1) is 9.81. The predicted octanol–water partition coefficient (Wildman–Crippen LogP) is 2.02. The minimum atomic E-state index is -0.526. The fraction of sp³-hybridized carbons (Fsp3) is 0.467. The summed E-state index contributed by atoms with van der Waals surface area (Å²) >= 11 is 0. The van der Waals surface area contributed by atoms with E-state index in [4.69, 9.17) is 10.6 Å². The zero-order chi connectivity index (χ0) is 15.6. The molecule has 114 valence electrons. The standard InChI is InChI=1S/C15H21N3O3/c1-15(2,3)21-14(20)18-8-10(9-18)13(19)11-6-4-5-7-12(11)17-16/h4-7,10,17H,8-9,16H2,1-3H3. The molecule has 1 heterocycles. The van der Waals surface area contributed by atoms with Gasteiger partial charge in [-0.3, -0.25) is 10.6 Å². The molecular formula is C15H21N3O3. The molecule has 0 radical (unpaired) electrons. The second kappa shape index (κ2) is 5.73. The quantitative estimate of drug-likeness (QED) is 0.505. The largest absolute Gasteiger partial charge is 0.444 e. The fourth-order valence-corrected chi connectivity index (χ4v) is 2.16. The van der Waals surface area contributed by atoms with Gasteiger partial charge in [-0.25, -0.2) is 4.79 Å². The molecule has 0 unspecified atom stereocenters. The Balaban J connectivity index is 1.95. The van der Waals surface area contributed by atoms with Crippen LogP contribution in [0.15, 0.2) is 24.3 Å². The molecule has 6 nitrogen and oxygen atoms in total. The van der Waals surface area contributed by atoms with Gasteiger partial charge in [0.05, 0.1) is 11.6 Å². The first-order valence-electron chi connectivity index (χ1n) is 6.89. The van der Waals surface area contributed by atoms with E-state index in [1.54, 1.807) is 24.3 Å². The average molecular weight is 291 g/mol. The average Bonchev–Trinajstić information content (AvgIpc) is 2.34. The van der Waals surface area contributed by atoms with Crippen LogP contribution in [-0.2, 0) is 4.74 Å². The number of hydrogen-bond donors (Lipinski definition) is 2. The number of Topliss-reactive ketones (excluding diaryl/α,β-unsaturated/α-hetero) is 1. The summed E-state index contributed by atoms with van der Waals surface area (Å²) in [6.45, 7) is 6.21. The lowest BCUT2D eigenvalue weighted by atomic mass is 9.90. The van der Waals surface area contributed by atoms with Crippen LogP contribution < -0.4 is 11.3 Å². The lowest BCUT2D eigenvalue weighted by molar-refractivity contribution is 0.00150. The number of carbonyl (C=O) groups excluding carboxylic acids is 2. The van der Waals surface area contributed by atoms with Crippen molar-refractivity contribution in [3.63, 3.8) is 0 Å². The Morgan fingerprint density at radius 1 is 1.29 bits per heavy atom. The van der Waals surface area contributed by atoms with Crippen molar-refractivity contribution in [3.8, 4) is 0 Å². The second-order valence-electron chi connectivity index (χ2n) is 6.14. The number of ketones is 1. The maximum Gasteiger partial charge on any atom is 0.410 e. The summed E-state index contributed by atoms with van der Waals surface area (Å²) in [5.74, 6) is 5.19. The minimum Gasteiger partial charge on any atom is -0.444 e. The van der Waals surface area contributed by atoms with Crippen molar-refractivity contribution in [1.82, 2.24) is 4.90 Å². The molecule has 1 amide bonds. The van der Waals surface area contributed by atoms with Gasteiger partial charge in [0.25, 0.3) is 0 Å². The Bertz CT molecular complexity index is 545. The second-order valence-corrected chi connectivity index (χ2v) is 6.14. The zero-order valence-electron chi connectivity index (χ0n) is 12.6. The number of para-hydroxylation sites is 1. The number of hydrogen-bond acceptors (Lipinski definition) is 5. The summed E-state index contributed by atoms with van der Waals surface area (Å²) in [6, 6.07) is 7.07. The molecule has 1 fully saturated rings. The van der Waals surface area contributed by atoms with Gasteiger partial charge in [-0.15, -0.1) is 0 Å². The summed E-state index contributed by atoms with van der Waals surface area (Å²) in [6.07, 6.45) is -0.378. The number of nitrogens with one attached hydrogen (secondary N) is 1.